The molecular weight excluding hydrogens is 436 g/mol. The molecular formula is C25H28N4O3S. The predicted molar refractivity (Wildman–Crippen MR) is 132 cm³/mol. The second-order valence-electron chi connectivity index (χ2n) is 8.26. The van der Waals surface area contributed by atoms with Crippen molar-refractivity contribution in [2.45, 2.75) is 33.2 Å². The summed E-state index contributed by atoms with van der Waals surface area (Å²) in [5, 5.41) is 8.18. The summed E-state index contributed by atoms with van der Waals surface area (Å²) in [5.41, 5.74) is 3.29. The molecule has 1 saturated heterocycles. The number of nitrogens with zero attached hydrogens (tertiary/aromatic N) is 3. The van der Waals surface area contributed by atoms with Gasteiger partial charge in [0.05, 0.1) is 16.6 Å². The van der Waals surface area contributed by atoms with E-state index in [1.807, 2.05) is 57.1 Å². The van der Waals surface area contributed by atoms with E-state index in [9.17, 15) is 9.59 Å². The number of carbonyl (C=O) groups is 2. The van der Waals surface area contributed by atoms with Crippen LogP contribution in [-0.4, -0.2) is 53.4 Å². The molecule has 1 aromatic carbocycles. The average molecular weight is 465 g/mol. The first-order valence-corrected chi connectivity index (χ1v) is 11.7. The van der Waals surface area contributed by atoms with E-state index in [1.54, 1.807) is 16.9 Å². The monoisotopic (exact) mass is 464 g/mol. The number of likely N-dealkylation sites (tertiary alicyclic amines) is 1. The van der Waals surface area contributed by atoms with Crippen molar-refractivity contribution in [3.05, 3.63) is 58.2 Å². The number of ether oxygens (including phenoxy) is 1. The third-order valence-electron chi connectivity index (χ3n) is 5.98. The quantitative estimate of drug-likeness (QED) is 0.438. The van der Waals surface area contributed by atoms with Gasteiger partial charge in [0.25, 0.3) is 5.91 Å². The summed E-state index contributed by atoms with van der Waals surface area (Å²) in [6.07, 6.45) is 5.39. The van der Waals surface area contributed by atoms with Gasteiger partial charge in [0.15, 0.2) is 12.0 Å². The van der Waals surface area contributed by atoms with Crippen LogP contribution in [-0.2, 0) is 0 Å². The molecule has 1 amide bonds. The molecule has 8 heteroatoms. The Morgan fingerprint density at radius 1 is 1.24 bits per heavy atom. The summed E-state index contributed by atoms with van der Waals surface area (Å²) in [5.74, 6) is 1.36. The first kappa shape index (κ1) is 22.9. The Balaban J connectivity index is 0.000000821. The number of aryl methyl sites for hydroxylation is 2. The van der Waals surface area contributed by atoms with Crippen LogP contribution in [0.1, 0.15) is 44.5 Å². The van der Waals surface area contributed by atoms with E-state index in [-0.39, 0.29) is 11.9 Å². The minimum absolute atomic E-state index is 0.0413. The second-order valence-corrected chi connectivity index (χ2v) is 9.35. The van der Waals surface area contributed by atoms with Gasteiger partial charge in [-0.05, 0) is 76.0 Å². The molecule has 0 bridgehead atoms. The molecule has 4 heterocycles. The largest absolute Gasteiger partial charge is 0.455 e. The molecule has 3 aromatic heterocycles. The van der Waals surface area contributed by atoms with Gasteiger partial charge >= 0.3 is 0 Å². The minimum Gasteiger partial charge on any atom is -0.455 e. The van der Waals surface area contributed by atoms with Crippen LogP contribution >= 0.6 is 11.3 Å². The summed E-state index contributed by atoms with van der Waals surface area (Å²) < 4.78 is 8.93. The van der Waals surface area contributed by atoms with Gasteiger partial charge in [0.1, 0.15) is 11.3 Å². The Bertz CT molecular complexity index is 1340. The summed E-state index contributed by atoms with van der Waals surface area (Å²) in [6, 6.07) is 7.92. The van der Waals surface area contributed by atoms with Crippen LogP contribution < -0.4 is 10.1 Å². The van der Waals surface area contributed by atoms with Crippen molar-refractivity contribution in [3.63, 3.8) is 0 Å². The highest BCUT2D eigenvalue weighted by molar-refractivity contribution is 7.20. The first-order chi connectivity index (χ1) is 15.9. The molecule has 1 fully saturated rings. The number of aldehydes is 1. The van der Waals surface area contributed by atoms with Crippen molar-refractivity contribution in [2.75, 3.05) is 20.6 Å². The lowest BCUT2D eigenvalue weighted by Gasteiger charge is -2.38. The number of benzene rings is 1. The van der Waals surface area contributed by atoms with Crippen molar-refractivity contribution in [2.24, 2.45) is 0 Å². The molecule has 5 rings (SSSR count). The molecule has 1 unspecified atom stereocenters. The maximum Gasteiger partial charge on any atom is 0.256 e. The number of rotatable bonds is 4. The zero-order chi connectivity index (χ0) is 23.7. The molecule has 1 aliphatic rings. The van der Waals surface area contributed by atoms with Crippen LogP contribution in [0.3, 0.4) is 0 Å². The maximum absolute atomic E-state index is 12.9. The van der Waals surface area contributed by atoms with Gasteiger partial charge < -0.3 is 15.0 Å². The van der Waals surface area contributed by atoms with Gasteiger partial charge in [0, 0.05) is 29.5 Å². The van der Waals surface area contributed by atoms with Crippen LogP contribution in [0.25, 0.3) is 15.6 Å². The third-order valence-corrected chi connectivity index (χ3v) is 7.16. The van der Waals surface area contributed by atoms with Crippen molar-refractivity contribution in [1.82, 2.24) is 19.8 Å². The Kier molecular flexibility index (Phi) is 6.49. The molecule has 33 heavy (non-hydrogen) atoms. The van der Waals surface area contributed by atoms with E-state index in [4.69, 9.17) is 4.74 Å². The lowest BCUT2D eigenvalue weighted by atomic mass is 10.0. The Hall–Kier alpha value is -3.23. The van der Waals surface area contributed by atoms with E-state index in [0.29, 0.717) is 17.1 Å². The SMILES string of the molecule is CNC.Cc1c(C=O)sc2cc(Oc3ccnn4cc(C(=O)N5CCC5C)c(C)c34)ccc12. The van der Waals surface area contributed by atoms with Crippen LogP contribution in [0.2, 0.25) is 0 Å². The number of carbonyl (C=O) groups excluding carboxylic acids is 2. The topological polar surface area (TPSA) is 75.9 Å². The van der Waals surface area contributed by atoms with Crippen molar-refractivity contribution >= 4 is 39.1 Å². The predicted octanol–water partition coefficient (Wildman–Crippen LogP) is 4.84. The Labute approximate surface area is 197 Å². The van der Waals surface area contributed by atoms with Gasteiger partial charge in [-0.2, -0.15) is 5.10 Å². The zero-order valence-corrected chi connectivity index (χ0v) is 20.3. The van der Waals surface area contributed by atoms with Gasteiger partial charge in [-0.3, -0.25) is 9.59 Å². The number of amides is 1. The highest BCUT2D eigenvalue weighted by atomic mass is 32.1. The second kappa shape index (κ2) is 9.33. The molecule has 7 nitrogen and oxygen atoms in total. The lowest BCUT2D eigenvalue weighted by molar-refractivity contribution is 0.0501. The van der Waals surface area contributed by atoms with Gasteiger partial charge in [-0.25, -0.2) is 4.52 Å². The molecule has 4 aromatic rings. The third kappa shape index (κ3) is 4.12. The molecule has 0 aliphatic carbocycles. The fourth-order valence-corrected chi connectivity index (χ4v) is 5.08. The Morgan fingerprint density at radius 2 is 2.00 bits per heavy atom. The van der Waals surface area contributed by atoms with Crippen molar-refractivity contribution < 1.29 is 14.3 Å². The highest BCUT2D eigenvalue weighted by Crippen LogP contribution is 2.36. The molecule has 172 valence electrons. The summed E-state index contributed by atoms with van der Waals surface area (Å²) >= 11 is 1.46. The van der Waals surface area contributed by atoms with Crippen molar-refractivity contribution in [3.8, 4) is 11.5 Å². The summed E-state index contributed by atoms with van der Waals surface area (Å²) in [6.45, 7) is 6.75. The highest BCUT2D eigenvalue weighted by Gasteiger charge is 2.31. The lowest BCUT2D eigenvalue weighted by Crippen LogP contribution is -2.49. The molecule has 1 atom stereocenters. The minimum atomic E-state index is 0.0413. The molecule has 0 radical (unpaired) electrons. The molecule has 0 spiro atoms. The van der Waals surface area contributed by atoms with Crippen LogP contribution in [0, 0.1) is 13.8 Å². The number of thiophene rings is 1. The standard InChI is InChI=1S/C23H21N3O3S.C2H7N/c1-13-7-9-25(13)23(28)18-11-26-22(15(18)3)19(6-8-24-26)29-16-4-5-17-14(2)21(12-27)30-20(17)10-16;1-3-2/h4-6,8,10-13H,7,9H2,1-3H3;3H,1-2H3. The normalized spacial score (nSPS) is 15.2. The number of fused-ring (bicyclic) bond motifs is 2. The zero-order valence-electron chi connectivity index (χ0n) is 19.5. The van der Waals surface area contributed by atoms with E-state index in [0.717, 1.165) is 50.9 Å². The van der Waals surface area contributed by atoms with E-state index in [1.165, 1.54) is 11.3 Å². The number of hydrogen-bond donors (Lipinski definition) is 1. The van der Waals surface area contributed by atoms with Gasteiger partial charge in [0.2, 0.25) is 0 Å². The van der Waals surface area contributed by atoms with Crippen LogP contribution in [0.5, 0.6) is 11.5 Å². The van der Waals surface area contributed by atoms with E-state index in [2.05, 4.69) is 17.3 Å². The number of nitrogens with one attached hydrogen (secondary N) is 1. The summed E-state index contributed by atoms with van der Waals surface area (Å²) in [7, 11) is 3.75. The molecule has 1 aliphatic heterocycles. The maximum atomic E-state index is 12.9. The summed E-state index contributed by atoms with van der Waals surface area (Å²) in [4.78, 5) is 26.8. The van der Waals surface area contributed by atoms with Crippen molar-refractivity contribution in [1.29, 1.82) is 0 Å². The molecule has 1 N–H and O–H groups in total. The fourth-order valence-electron chi connectivity index (χ4n) is 4.02. The fraction of sp³-hybridized carbons (Fsp3) is 0.320. The van der Waals surface area contributed by atoms with Crippen LogP contribution in [0.4, 0.5) is 0 Å². The van der Waals surface area contributed by atoms with E-state index >= 15 is 0 Å². The van der Waals surface area contributed by atoms with Gasteiger partial charge in [-0.15, -0.1) is 11.3 Å². The van der Waals surface area contributed by atoms with Gasteiger partial charge in [-0.1, -0.05) is 0 Å². The average Bonchev–Trinajstić information content (AvgIpc) is 3.30. The number of aromatic nitrogens is 2. The first-order valence-electron chi connectivity index (χ1n) is 10.9. The van der Waals surface area contributed by atoms with E-state index < -0.39 is 0 Å². The Morgan fingerprint density at radius 3 is 2.64 bits per heavy atom. The number of hydrogen-bond acceptors (Lipinski definition) is 6. The van der Waals surface area contributed by atoms with Crippen LogP contribution in [0.15, 0.2) is 36.7 Å². The molecule has 0 saturated carbocycles. The smallest absolute Gasteiger partial charge is 0.256 e.